The van der Waals surface area contributed by atoms with E-state index in [4.69, 9.17) is 5.11 Å². The van der Waals surface area contributed by atoms with Gasteiger partial charge in [-0.05, 0) is 12.0 Å². The summed E-state index contributed by atoms with van der Waals surface area (Å²) in [6.07, 6.45) is 0.840. The van der Waals surface area contributed by atoms with Crippen LogP contribution in [0.3, 0.4) is 0 Å². The van der Waals surface area contributed by atoms with Crippen LogP contribution in [0.25, 0.3) is 0 Å². The molecule has 2 nitrogen and oxygen atoms in total. The third-order valence-electron chi connectivity index (χ3n) is 2.36. The topological polar surface area (TPSA) is 37.3 Å². The molecule has 3 heteroatoms. The Hall–Kier alpha value is -0.960. The van der Waals surface area contributed by atoms with Crippen LogP contribution < -0.4 is 0 Å². The first-order valence-corrected chi connectivity index (χ1v) is 5.70. The van der Waals surface area contributed by atoms with Gasteiger partial charge < -0.3 is 5.11 Å². The van der Waals surface area contributed by atoms with Gasteiger partial charge in [0.2, 0.25) is 0 Å². The zero-order valence-electron chi connectivity index (χ0n) is 7.72. The number of carbonyl (C=O) groups is 1. The maximum atomic E-state index is 10.6. The van der Waals surface area contributed by atoms with Gasteiger partial charge in [-0.2, -0.15) is 11.8 Å². The second-order valence-corrected chi connectivity index (χ2v) is 4.74. The Morgan fingerprint density at radius 3 is 2.71 bits per heavy atom. The summed E-state index contributed by atoms with van der Waals surface area (Å²) in [7, 11) is 0. The van der Waals surface area contributed by atoms with Gasteiger partial charge >= 0.3 is 5.97 Å². The molecule has 1 N–H and O–H groups in total. The number of rotatable bonds is 4. The van der Waals surface area contributed by atoms with Crippen molar-refractivity contribution in [2.45, 2.75) is 17.4 Å². The van der Waals surface area contributed by atoms with Crippen LogP contribution in [0.4, 0.5) is 0 Å². The predicted molar refractivity (Wildman–Crippen MR) is 57.3 cm³/mol. The summed E-state index contributed by atoms with van der Waals surface area (Å²) >= 11 is 1.75. The van der Waals surface area contributed by atoms with E-state index in [2.05, 4.69) is 12.1 Å². The fourth-order valence-corrected chi connectivity index (χ4v) is 2.68. The van der Waals surface area contributed by atoms with Crippen molar-refractivity contribution in [3.8, 4) is 0 Å². The molecule has 1 fully saturated rings. The lowest BCUT2D eigenvalue weighted by atomic mass is 10.2. The smallest absolute Gasteiger partial charge is 0.307 e. The largest absolute Gasteiger partial charge is 0.481 e. The van der Waals surface area contributed by atoms with Gasteiger partial charge in [-0.15, -0.1) is 0 Å². The van der Waals surface area contributed by atoms with E-state index in [0.717, 1.165) is 12.2 Å². The molecule has 0 heterocycles. The van der Waals surface area contributed by atoms with Crippen LogP contribution in [0.1, 0.15) is 12.0 Å². The van der Waals surface area contributed by atoms with Gasteiger partial charge in [-0.1, -0.05) is 30.3 Å². The van der Waals surface area contributed by atoms with Crippen LogP contribution in [-0.4, -0.2) is 16.3 Å². The first-order chi connectivity index (χ1) is 6.77. The van der Waals surface area contributed by atoms with Crippen LogP contribution in [0, 0.1) is 5.92 Å². The van der Waals surface area contributed by atoms with Gasteiger partial charge in [0.15, 0.2) is 0 Å². The summed E-state index contributed by atoms with van der Waals surface area (Å²) in [6.45, 7) is 0. The first kappa shape index (κ1) is 9.59. The highest BCUT2D eigenvalue weighted by atomic mass is 32.2. The van der Waals surface area contributed by atoms with E-state index in [1.54, 1.807) is 11.8 Å². The van der Waals surface area contributed by atoms with Gasteiger partial charge in [0.05, 0.1) is 5.92 Å². The van der Waals surface area contributed by atoms with E-state index >= 15 is 0 Å². The van der Waals surface area contributed by atoms with E-state index < -0.39 is 5.97 Å². The number of aliphatic carboxylic acids is 1. The minimum absolute atomic E-state index is 0.0938. The lowest BCUT2D eigenvalue weighted by molar-refractivity contribution is -0.138. The molecule has 2 rings (SSSR count). The summed E-state index contributed by atoms with van der Waals surface area (Å²) in [6, 6.07) is 10.2. The molecule has 1 aliphatic rings. The molecule has 1 aromatic rings. The molecule has 0 amide bonds. The highest BCUT2D eigenvalue weighted by Gasteiger charge is 2.43. The van der Waals surface area contributed by atoms with Crippen molar-refractivity contribution in [3.63, 3.8) is 0 Å². The summed E-state index contributed by atoms with van der Waals surface area (Å²) in [5.41, 5.74) is 1.27. The van der Waals surface area contributed by atoms with Crippen molar-refractivity contribution in [2.75, 3.05) is 0 Å². The van der Waals surface area contributed by atoms with E-state index in [1.807, 2.05) is 18.2 Å². The summed E-state index contributed by atoms with van der Waals surface area (Å²) in [5, 5.41) is 9.05. The summed E-state index contributed by atoms with van der Waals surface area (Å²) < 4.78 is 0. The fourth-order valence-electron chi connectivity index (χ4n) is 1.39. The third-order valence-corrected chi connectivity index (χ3v) is 3.81. The van der Waals surface area contributed by atoms with E-state index in [1.165, 1.54) is 5.56 Å². The Bertz CT molecular complexity index is 323. The summed E-state index contributed by atoms with van der Waals surface area (Å²) in [4.78, 5) is 10.6. The Balaban J connectivity index is 1.77. The van der Waals surface area contributed by atoms with Crippen LogP contribution in [0.15, 0.2) is 30.3 Å². The molecule has 0 radical (unpaired) electrons. The Labute approximate surface area is 87.3 Å². The van der Waals surface area contributed by atoms with Crippen LogP contribution in [0.2, 0.25) is 0 Å². The average molecular weight is 208 g/mol. The number of hydrogen-bond acceptors (Lipinski definition) is 2. The number of thioether (sulfide) groups is 1. The Morgan fingerprint density at radius 2 is 2.14 bits per heavy atom. The van der Waals surface area contributed by atoms with Gasteiger partial charge in [0.1, 0.15) is 0 Å². The van der Waals surface area contributed by atoms with Crippen LogP contribution >= 0.6 is 11.8 Å². The lowest BCUT2D eigenvalue weighted by Crippen LogP contribution is -2.00. The number of hydrogen-bond donors (Lipinski definition) is 1. The third kappa shape index (κ3) is 2.29. The lowest BCUT2D eigenvalue weighted by Gasteiger charge is -1.99. The van der Waals surface area contributed by atoms with Crippen molar-refractivity contribution in [2.24, 2.45) is 5.92 Å². The van der Waals surface area contributed by atoms with Crippen molar-refractivity contribution in [1.29, 1.82) is 0 Å². The molecule has 0 bridgehead atoms. The van der Waals surface area contributed by atoms with Crippen molar-refractivity contribution in [1.82, 2.24) is 0 Å². The van der Waals surface area contributed by atoms with Gasteiger partial charge in [0.25, 0.3) is 0 Å². The second-order valence-electron chi connectivity index (χ2n) is 3.52. The SMILES string of the molecule is O=C(O)C1CC1SCc1ccccc1. The van der Waals surface area contributed by atoms with Crippen LogP contribution in [-0.2, 0) is 10.5 Å². The fraction of sp³-hybridized carbons (Fsp3) is 0.364. The maximum Gasteiger partial charge on any atom is 0.307 e. The normalized spacial score (nSPS) is 24.6. The van der Waals surface area contributed by atoms with Crippen molar-refractivity contribution in [3.05, 3.63) is 35.9 Å². The molecule has 0 spiro atoms. The molecule has 2 atom stereocenters. The highest BCUT2D eigenvalue weighted by molar-refractivity contribution is 7.99. The van der Waals surface area contributed by atoms with Gasteiger partial charge in [-0.25, -0.2) is 0 Å². The number of benzene rings is 1. The molecule has 0 saturated heterocycles. The molecular weight excluding hydrogens is 196 g/mol. The minimum atomic E-state index is -0.643. The maximum absolute atomic E-state index is 10.6. The summed E-state index contributed by atoms with van der Waals surface area (Å²) in [5.74, 6) is 0.189. The molecule has 0 aliphatic heterocycles. The average Bonchev–Trinajstić information content (AvgIpc) is 2.96. The Kier molecular flexibility index (Phi) is 2.77. The quantitative estimate of drug-likeness (QED) is 0.825. The standard InChI is InChI=1S/C11H12O2S/c12-11(13)9-6-10(9)14-7-8-4-2-1-3-5-8/h1-5,9-10H,6-7H2,(H,12,13). The van der Waals surface area contributed by atoms with Crippen molar-refractivity contribution < 1.29 is 9.90 Å². The molecule has 1 aliphatic carbocycles. The van der Waals surface area contributed by atoms with Crippen LogP contribution in [0.5, 0.6) is 0 Å². The Morgan fingerprint density at radius 1 is 1.43 bits per heavy atom. The first-order valence-electron chi connectivity index (χ1n) is 4.65. The zero-order chi connectivity index (χ0) is 9.97. The predicted octanol–water partition coefficient (Wildman–Crippen LogP) is 2.39. The minimum Gasteiger partial charge on any atom is -0.481 e. The monoisotopic (exact) mass is 208 g/mol. The molecule has 74 valence electrons. The number of carboxylic acids is 1. The molecule has 1 aromatic carbocycles. The highest BCUT2D eigenvalue weighted by Crippen LogP contribution is 2.42. The molecule has 2 unspecified atom stereocenters. The molecular formula is C11H12O2S. The molecule has 14 heavy (non-hydrogen) atoms. The number of carboxylic acid groups (broad SMARTS) is 1. The van der Waals surface area contributed by atoms with Gasteiger partial charge in [-0.3, -0.25) is 4.79 Å². The second kappa shape index (κ2) is 4.05. The van der Waals surface area contributed by atoms with E-state index in [-0.39, 0.29) is 5.92 Å². The van der Waals surface area contributed by atoms with E-state index in [0.29, 0.717) is 5.25 Å². The van der Waals surface area contributed by atoms with Crippen molar-refractivity contribution >= 4 is 17.7 Å². The van der Waals surface area contributed by atoms with E-state index in [9.17, 15) is 4.79 Å². The van der Waals surface area contributed by atoms with Gasteiger partial charge in [0, 0.05) is 11.0 Å². The molecule has 1 saturated carbocycles. The zero-order valence-corrected chi connectivity index (χ0v) is 8.54. The molecule has 0 aromatic heterocycles.